The number of aliphatic hydroxyl groups excluding tert-OH is 1. The second kappa shape index (κ2) is 3.91. The molecule has 1 aromatic rings. The number of nitrogens with one attached hydrogen (secondary N) is 1. The summed E-state index contributed by atoms with van der Waals surface area (Å²) < 4.78 is 0. The number of carbonyl (C=O) groups is 1. The molecule has 86 valence electrons. The van der Waals surface area contributed by atoms with Gasteiger partial charge in [-0.1, -0.05) is 13.0 Å². The van der Waals surface area contributed by atoms with Crippen LogP contribution in [0.4, 0.5) is 5.69 Å². The van der Waals surface area contributed by atoms with Gasteiger partial charge < -0.3 is 10.4 Å². The lowest BCUT2D eigenvalue weighted by atomic mass is 9.90. The average Bonchev–Trinajstić information content (AvgIpc) is 2.59. The molecule has 1 amide bonds. The number of rotatable bonds is 2. The van der Waals surface area contributed by atoms with Gasteiger partial charge in [0.1, 0.15) is 0 Å². The molecule has 0 saturated carbocycles. The monoisotopic (exact) mass is 219 g/mol. The van der Waals surface area contributed by atoms with Gasteiger partial charge in [0, 0.05) is 18.2 Å². The summed E-state index contributed by atoms with van der Waals surface area (Å²) in [6, 6.07) is 2.07. The zero-order valence-corrected chi connectivity index (χ0v) is 9.92. The SMILES string of the molecule is Cc1cc2c(c(C(C)CO)c1C)NC(=O)C2. The smallest absolute Gasteiger partial charge is 0.228 e. The molecule has 2 rings (SSSR count). The second-order valence-corrected chi connectivity index (χ2v) is 4.57. The van der Waals surface area contributed by atoms with Crippen LogP contribution in [0.2, 0.25) is 0 Å². The number of benzene rings is 1. The summed E-state index contributed by atoms with van der Waals surface area (Å²) in [6.07, 6.45) is 0.460. The van der Waals surface area contributed by atoms with Crippen molar-refractivity contribution in [3.8, 4) is 0 Å². The van der Waals surface area contributed by atoms with Crippen LogP contribution in [0, 0.1) is 13.8 Å². The van der Waals surface area contributed by atoms with Crippen LogP contribution in [-0.4, -0.2) is 17.6 Å². The zero-order valence-electron chi connectivity index (χ0n) is 9.92. The fraction of sp³-hybridized carbons (Fsp3) is 0.462. The lowest BCUT2D eigenvalue weighted by Crippen LogP contribution is -2.09. The molecular weight excluding hydrogens is 202 g/mol. The van der Waals surface area contributed by atoms with Crippen molar-refractivity contribution in [2.24, 2.45) is 0 Å². The third kappa shape index (κ3) is 1.61. The van der Waals surface area contributed by atoms with Gasteiger partial charge >= 0.3 is 0 Å². The Kier molecular flexibility index (Phi) is 2.72. The molecule has 0 bridgehead atoms. The molecule has 0 spiro atoms. The average molecular weight is 219 g/mol. The fourth-order valence-electron chi connectivity index (χ4n) is 2.37. The molecule has 1 aliphatic rings. The van der Waals surface area contributed by atoms with E-state index in [1.165, 1.54) is 11.1 Å². The van der Waals surface area contributed by atoms with Crippen LogP contribution in [-0.2, 0) is 11.2 Å². The van der Waals surface area contributed by atoms with E-state index in [4.69, 9.17) is 0 Å². The van der Waals surface area contributed by atoms with Crippen LogP contribution in [0.5, 0.6) is 0 Å². The second-order valence-electron chi connectivity index (χ2n) is 4.57. The number of amides is 1. The summed E-state index contributed by atoms with van der Waals surface area (Å²) in [4.78, 5) is 11.4. The van der Waals surface area contributed by atoms with Crippen molar-refractivity contribution < 1.29 is 9.90 Å². The molecule has 0 aromatic heterocycles. The summed E-state index contributed by atoms with van der Waals surface area (Å²) >= 11 is 0. The van der Waals surface area contributed by atoms with Crippen molar-refractivity contribution in [3.05, 3.63) is 28.3 Å². The molecule has 1 unspecified atom stereocenters. The highest BCUT2D eigenvalue weighted by atomic mass is 16.3. The van der Waals surface area contributed by atoms with Gasteiger partial charge in [-0.05, 0) is 36.1 Å². The van der Waals surface area contributed by atoms with Crippen molar-refractivity contribution in [3.63, 3.8) is 0 Å². The molecule has 0 radical (unpaired) electrons. The summed E-state index contributed by atoms with van der Waals surface area (Å²) in [5.74, 6) is 0.110. The standard InChI is InChI=1S/C13H17NO2/c1-7-4-10-5-11(16)14-13(10)12(9(7)3)8(2)6-15/h4,8,15H,5-6H2,1-3H3,(H,14,16). The number of hydrogen-bond donors (Lipinski definition) is 2. The first-order valence-corrected chi connectivity index (χ1v) is 5.58. The van der Waals surface area contributed by atoms with E-state index in [0.29, 0.717) is 6.42 Å². The minimum Gasteiger partial charge on any atom is -0.396 e. The van der Waals surface area contributed by atoms with Crippen molar-refractivity contribution in [2.75, 3.05) is 11.9 Å². The molecule has 16 heavy (non-hydrogen) atoms. The maximum absolute atomic E-state index is 11.4. The molecule has 0 saturated heterocycles. The van der Waals surface area contributed by atoms with Crippen molar-refractivity contribution in [1.29, 1.82) is 0 Å². The van der Waals surface area contributed by atoms with Crippen molar-refractivity contribution in [2.45, 2.75) is 33.1 Å². The van der Waals surface area contributed by atoms with Gasteiger partial charge in [0.2, 0.25) is 5.91 Å². The van der Waals surface area contributed by atoms with E-state index in [-0.39, 0.29) is 18.4 Å². The molecule has 1 aliphatic heterocycles. The molecule has 1 heterocycles. The first kappa shape index (κ1) is 11.1. The Labute approximate surface area is 95.5 Å². The Morgan fingerprint density at radius 3 is 2.81 bits per heavy atom. The quantitative estimate of drug-likeness (QED) is 0.798. The zero-order chi connectivity index (χ0) is 11.9. The number of carbonyl (C=O) groups excluding carboxylic acids is 1. The van der Waals surface area contributed by atoms with E-state index in [2.05, 4.69) is 11.4 Å². The third-order valence-electron chi connectivity index (χ3n) is 3.36. The fourth-order valence-corrected chi connectivity index (χ4v) is 2.37. The Bertz CT molecular complexity index is 452. The molecule has 3 nitrogen and oxygen atoms in total. The highest BCUT2D eigenvalue weighted by molar-refractivity contribution is 6.00. The summed E-state index contributed by atoms with van der Waals surface area (Å²) in [5, 5.41) is 12.2. The molecule has 0 aliphatic carbocycles. The number of anilines is 1. The normalized spacial score (nSPS) is 15.9. The maximum Gasteiger partial charge on any atom is 0.228 e. The predicted molar refractivity (Wildman–Crippen MR) is 63.8 cm³/mol. The van der Waals surface area contributed by atoms with E-state index in [9.17, 15) is 9.90 Å². The molecule has 3 heteroatoms. The van der Waals surface area contributed by atoms with Gasteiger partial charge in [0.25, 0.3) is 0 Å². The van der Waals surface area contributed by atoms with Gasteiger partial charge in [0.05, 0.1) is 6.42 Å². The largest absolute Gasteiger partial charge is 0.396 e. The Morgan fingerprint density at radius 2 is 2.19 bits per heavy atom. The van der Waals surface area contributed by atoms with Gasteiger partial charge in [-0.15, -0.1) is 0 Å². The van der Waals surface area contributed by atoms with E-state index in [1.807, 2.05) is 20.8 Å². The van der Waals surface area contributed by atoms with E-state index >= 15 is 0 Å². The van der Waals surface area contributed by atoms with Gasteiger partial charge in [-0.3, -0.25) is 4.79 Å². The maximum atomic E-state index is 11.4. The molecule has 1 aromatic carbocycles. The van der Waals surface area contributed by atoms with Crippen LogP contribution in [0.15, 0.2) is 6.07 Å². The molecule has 1 atom stereocenters. The highest BCUT2D eigenvalue weighted by Gasteiger charge is 2.25. The minimum atomic E-state index is 0.0476. The van der Waals surface area contributed by atoms with Crippen LogP contribution < -0.4 is 5.32 Å². The lowest BCUT2D eigenvalue weighted by Gasteiger charge is -2.18. The predicted octanol–water partition coefficient (Wildman–Crippen LogP) is 1.89. The summed E-state index contributed by atoms with van der Waals surface area (Å²) in [6.45, 7) is 6.17. The van der Waals surface area contributed by atoms with Crippen LogP contribution in [0.3, 0.4) is 0 Å². The number of fused-ring (bicyclic) bond motifs is 1. The Morgan fingerprint density at radius 1 is 1.50 bits per heavy atom. The van der Waals surface area contributed by atoms with E-state index in [0.717, 1.165) is 16.8 Å². The van der Waals surface area contributed by atoms with Crippen molar-refractivity contribution >= 4 is 11.6 Å². The van der Waals surface area contributed by atoms with Crippen LogP contribution >= 0.6 is 0 Å². The first-order chi connectivity index (χ1) is 7.54. The highest BCUT2D eigenvalue weighted by Crippen LogP contribution is 2.36. The molecular formula is C13H17NO2. The van der Waals surface area contributed by atoms with Crippen LogP contribution in [0.25, 0.3) is 0 Å². The van der Waals surface area contributed by atoms with E-state index in [1.54, 1.807) is 0 Å². The number of aliphatic hydroxyl groups is 1. The van der Waals surface area contributed by atoms with Gasteiger partial charge in [-0.2, -0.15) is 0 Å². The lowest BCUT2D eigenvalue weighted by molar-refractivity contribution is -0.115. The molecule has 0 fully saturated rings. The minimum absolute atomic E-state index is 0.0476. The van der Waals surface area contributed by atoms with Gasteiger partial charge in [0.15, 0.2) is 0 Å². The van der Waals surface area contributed by atoms with Gasteiger partial charge in [-0.25, -0.2) is 0 Å². The summed E-state index contributed by atoms with van der Waals surface area (Å²) in [5.41, 5.74) is 5.43. The first-order valence-electron chi connectivity index (χ1n) is 5.58. The molecule has 2 N–H and O–H groups in total. The number of hydrogen-bond acceptors (Lipinski definition) is 2. The number of aryl methyl sites for hydroxylation is 1. The van der Waals surface area contributed by atoms with Crippen LogP contribution in [0.1, 0.15) is 35.1 Å². The Balaban J connectivity index is 2.62. The van der Waals surface area contributed by atoms with Crippen molar-refractivity contribution in [1.82, 2.24) is 0 Å². The Hall–Kier alpha value is -1.35. The third-order valence-corrected chi connectivity index (χ3v) is 3.36. The topological polar surface area (TPSA) is 49.3 Å². The van der Waals surface area contributed by atoms with E-state index < -0.39 is 0 Å². The summed E-state index contributed by atoms with van der Waals surface area (Å²) in [7, 11) is 0.